The van der Waals surface area contributed by atoms with Gasteiger partial charge in [0, 0.05) is 17.4 Å². The molecule has 4 atom stereocenters. The zero-order valence-corrected chi connectivity index (χ0v) is 16.4. The van der Waals surface area contributed by atoms with Crippen molar-refractivity contribution in [2.45, 2.75) is 31.4 Å². The second-order valence-electron chi connectivity index (χ2n) is 8.82. The first kappa shape index (κ1) is 18.1. The summed E-state index contributed by atoms with van der Waals surface area (Å²) < 4.78 is 6.86. The maximum Gasteiger partial charge on any atom is 0.411 e. The van der Waals surface area contributed by atoms with Gasteiger partial charge in [-0.1, -0.05) is 48.5 Å². The van der Waals surface area contributed by atoms with Gasteiger partial charge in [-0.3, -0.25) is 5.32 Å². The van der Waals surface area contributed by atoms with Gasteiger partial charge in [0.15, 0.2) is 0 Å². The fourth-order valence-corrected chi connectivity index (χ4v) is 5.31. The maximum absolute atomic E-state index is 12.6. The van der Waals surface area contributed by atoms with E-state index in [2.05, 4.69) is 26.5 Å². The summed E-state index contributed by atoms with van der Waals surface area (Å²) in [5, 5.41) is 2.98. The molecule has 0 saturated heterocycles. The minimum absolute atomic E-state index is 0.0370. The molecule has 2 fully saturated rings. The van der Waals surface area contributed by atoms with Crippen LogP contribution in [0.1, 0.15) is 19.3 Å². The highest BCUT2D eigenvalue weighted by Crippen LogP contribution is 2.49. The molecule has 4 rings (SSSR count). The molecule has 2 aromatic carbocycles. The van der Waals surface area contributed by atoms with E-state index >= 15 is 0 Å². The molecule has 1 N–H and O–H groups in total. The van der Waals surface area contributed by atoms with E-state index in [9.17, 15) is 4.79 Å². The Bertz CT molecular complexity index is 813. The second kappa shape index (κ2) is 7.01. The third-order valence-corrected chi connectivity index (χ3v) is 6.21. The summed E-state index contributed by atoms with van der Waals surface area (Å²) in [6, 6.07) is 18.6. The molecule has 142 valence electrons. The fraction of sp³-hybridized carbons (Fsp3) is 0.435. The van der Waals surface area contributed by atoms with E-state index in [4.69, 9.17) is 4.74 Å². The van der Waals surface area contributed by atoms with Crippen LogP contribution in [0.2, 0.25) is 0 Å². The van der Waals surface area contributed by atoms with Gasteiger partial charge in [-0.2, -0.15) is 0 Å². The number of amides is 1. The van der Waals surface area contributed by atoms with Gasteiger partial charge in [-0.15, -0.1) is 0 Å². The van der Waals surface area contributed by atoms with Crippen molar-refractivity contribution >= 4 is 11.8 Å². The predicted octanol–water partition coefficient (Wildman–Crippen LogP) is 4.78. The van der Waals surface area contributed by atoms with Gasteiger partial charge in [0.25, 0.3) is 0 Å². The molecule has 2 saturated carbocycles. The monoisotopic (exact) mass is 365 g/mol. The van der Waals surface area contributed by atoms with Gasteiger partial charge in [0.2, 0.25) is 0 Å². The van der Waals surface area contributed by atoms with Gasteiger partial charge < -0.3 is 9.22 Å². The molecule has 4 heteroatoms. The van der Waals surface area contributed by atoms with Crippen LogP contribution in [0.15, 0.2) is 54.6 Å². The summed E-state index contributed by atoms with van der Waals surface area (Å²) >= 11 is 0. The number of rotatable bonds is 4. The molecule has 1 amide bonds. The second-order valence-corrected chi connectivity index (χ2v) is 8.82. The van der Waals surface area contributed by atoms with E-state index in [1.165, 1.54) is 12.8 Å². The Kier molecular flexibility index (Phi) is 4.68. The number of para-hydroxylation sites is 1. The lowest BCUT2D eigenvalue weighted by atomic mass is 9.98. The molecule has 0 radical (unpaired) electrons. The molecule has 0 heterocycles. The van der Waals surface area contributed by atoms with Gasteiger partial charge in [-0.05, 0) is 30.9 Å². The summed E-state index contributed by atoms with van der Waals surface area (Å²) in [5.41, 5.74) is 2.88. The van der Waals surface area contributed by atoms with Crippen molar-refractivity contribution in [2.24, 2.45) is 11.8 Å². The van der Waals surface area contributed by atoms with Crippen LogP contribution < -0.4 is 5.32 Å². The lowest BCUT2D eigenvalue weighted by Crippen LogP contribution is -2.48. The van der Waals surface area contributed by atoms with E-state index < -0.39 is 0 Å². The molecular weight excluding hydrogens is 336 g/mol. The number of nitrogens with zero attached hydrogens (tertiary/aromatic N) is 1. The number of hydrogen-bond donors (Lipinski definition) is 1. The number of quaternary nitrogens is 1. The molecule has 2 aromatic rings. The largest absolute Gasteiger partial charge is 0.445 e. The molecule has 27 heavy (non-hydrogen) atoms. The van der Waals surface area contributed by atoms with Crippen LogP contribution in [0.3, 0.4) is 0 Å². The average molecular weight is 365 g/mol. The average Bonchev–Trinajstić information content (AvgIpc) is 3.21. The van der Waals surface area contributed by atoms with Gasteiger partial charge in [-0.25, -0.2) is 4.79 Å². The normalized spacial score (nSPS) is 26.8. The number of hydrogen-bond acceptors (Lipinski definition) is 2. The molecule has 4 unspecified atom stereocenters. The topological polar surface area (TPSA) is 38.3 Å². The Morgan fingerprint density at radius 2 is 1.70 bits per heavy atom. The molecule has 0 aromatic heterocycles. The first-order chi connectivity index (χ1) is 12.9. The van der Waals surface area contributed by atoms with E-state index in [0.29, 0.717) is 17.9 Å². The summed E-state index contributed by atoms with van der Waals surface area (Å²) in [6.07, 6.45) is 3.14. The van der Waals surface area contributed by atoms with E-state index in [0.717, 1.165) is 27.7 Å². The smallest absolute Gasteiger partial charge is 0.411 e. The zero-order valence-electron chi connectivity index (χ0n) is 16.4. The standard InChI is InChI=1S/C23H28N2O2/c1-25(2,3)22-17-13-14-19(22)21(15-17)27-23(26)24-20-12-8-7-11-18(20)16-9-5-4-6-10-16/h4-12,17,19,21-22H,13-15H2,1-3H3/p+1. The van der Waals surface area contributed by atoms with Gasteiger partial charge in [0.05, 0.1) is 32.9 Å². The van der Waals surface area contributed by atoms with Crippen molar-refractivity contribution < 1.29 is 14.0 Å². The van der Waals surface area contributed by atoms with Crippen LogP contribution >= 0.6 is 0 Å². The third kappa shape index (κ3) is 3.59. The number of carbonyl (C=O) groups excluding carboxylic acids is 1. The number of nitrogens with one attached hydrogen (secondary N) is 1. The number of fused-ring (bicyclic) bond motifs is 2. The Morgan fingerprint density at radius 1 is 1.00 bits per heavy atom. The quantitative estimate of drug-likeness (QED) is 0.792. The number of benzene rings is 2. The van der Waals surface area contributed by atoms with E-state index in [1.54, 1.807) is 0 Å². The van der Waals surface area contributed by atoms with Crippen LogP contribution in [-0.4, -0.2) is 43.9 Å². The zero-order chi connectivity index (χ0) is 19.0. The summed E-state index contributed by atoms with van der Waals surface area (Å²) in [4.78, 5) is 12.6. The van der Waals surface area contributed by atoms with Crippen LogP contribution in [0, 0.1) is 11.8 Å². The lowest BCUT2D eigenvalue weighted by molar-refractivity contribution is -0.900. The molecule has 2 aliphatic carbocycles. The van der Waals surface area contributed by atoms with Crippen LogP contribution in [0.5, 0.6) is 0 Å². The Labute approximate surface area is 161 Å². The maximum atomic E-state index is 12.6. The van der Waals surface area contributed by atoms with Gasteiger partial charge >= 0.3 is 6.09 Å². The molecular formula is C23H29N2O2+. The summed E-state index contributed by atoms with van der Waals surface area (Å²) in [6.45, 7) is 0. The Balaban J connectivity index is 1.46. The van der Waals surface area contributed by atoms with Crippen molar-refractivity contribution in [1.29, 1.82) is 0 Å². The van der Waals surface area contributed by atoms with Crippen molar-refractivity contribution in [3.05, 3.63) is 54.6 Å². The third-order valence-electron chi connectivity index (χ3n) is 6.21. The number of ether oxygens (including phenoxy) is 1. The SMILES string of the molecule is C[N+](C)(C)C1C2CCC1C(OC(=O)Nc1ccccc1-c1ccccc1)C2. The number of carbonyl (C=O) groups is 1. The molecule has 2 bridgehead atoms. The summed E-state index contributed by atoms with van der Waals surface area (Å²) in [7, 11) is 6.78. The lowest BCUT2D eigenvalue weighted by Gasteiger charge is -2.35. The Hall–Kier alpha value is -2.33. The van der Waals surface area contributed by atoms with Crippen LogP contribution in [0.25, 0.3) is 11.1 Å². The van der Waals surface area contributed by atoms with Crippen molar-refractivity contribution in [1.82, 2.24) is 0 Å². The molecule has 2 aliphatic rings. The first-order valence-electron chi connectivity index (χ1n) is 9.86. The molecule has 0 aliphatic heterocycles. The van der Waals surface area contributed by atoms with Crippen molar-refractivity contribution in [3.8, 4) is 11.1 Å². The summed E-state index contributed by atoms with van der Waals surface area (Å²) in [5.74, 6) is 1.15. The van der Waals surface area contributed by atoms with Crippen molar-refractivity contribution in [3.63, 3.8) is 0 Å². The highest BCUT2D eigenvalue weighted by Gasteiger charge is 2.55. The van der Waals surface area contributed by atoms with E-state index in [1.807, 2.05) is 54.6 Å². The molecule has 4 nitrogen and oxygen atoms in total. The number of anilines is 1. The van der Waals surface area contributed by atoms with E-state index in [-0.39, 0.29) is 12.2 Å². The van der Waals surface area contributed by atoms with Crippen molar-refractivity contribution in [2.75, 3.05) is 26.5 Å². The minimum atomic E-state index is -0.337. The first-order valence-corrected chi connectivity index (χ1v) is 9.86. The highest BCUT2D eigenvalue weighted by molar-refractivity contribution is 5.91. The molecule has 0 spiro atoms. The highest BCUT2D eigenvalue weighted by atomic mass is 16.6. The predicted molar refractivity (Wildman–Crippen MR) is 108 cm³/mol. The Morgan fingerprint density at radius 3 is 2.41 bits per heavy atom. The fourth-order valence-electron chi connectivity index (χ4n) is 5.31. The van der Waals surface area contributed by atoms with Gasteiger partial charge in [0.1, 0.15) is 6.10 Å². The van der Waals surface area contributed by atoms with Crippen LogP contribution in [-0.2, 0) is 4.74 Å². The van der Waals surface area contributed by atoms with Crippen LogP contribution in [0.4, 0.5) is 10.5 Å². The minimum Gasteiger partial charge on any atom is -0.445 e.